The highest BCUT2D eigenvalue weighted by molar-refractivity contribution is 6.46. The van der Waals surface area contributed by atoms with Gasteiger partial charge in [-0.1, -0.05) is 0 Å². The molecule has 110 valence electrons. The van der Waals surface area contributed by atoms with Crippen LogP contribution >= 0.6 is 0 Å². The summed E-state index contributed by atoms with van der Waals surface area (Å²) in [7, 11) is 0. The van der Waals surface area contributed by atoms with Gasteiger partial charge in [-0.05, 0) is 19.8 Å². The van der Waals surface area contributed by atoms with Crippen molar-refractivity contribution in [3.8, 4) is 6.07 Å². The van der Waals surface area contributed by atoms with E-state index in [0.717, 1.165) is 18.5 Å². The number of hydrazone groups is 1. The van der Waals surface area contributed by atoms with Crippen molar-refractivity contribution in [2.45, 2.75) is 25.7 Å². The Labute approximate surface area is 120 Å². The summed E-state index contributed by atoms with van der Waals surface area (Å²) in [6.45, 7) is 1.72. The lowest BCUT2D eigenvalue weighted by molar-refractivity contribution is -0.114. The topological polar surface area (TPSA) is 132 Å². The Hall–Kier alpha value is -2.89. The van der Waals surface area contributed by atoms with Crippen LogP contribution in [0.25, 0.3) is 0 Å². The molecule has 0 atom stereocenters. The number of amides is 2. The number of imide groups is 1. The number of carbonyl (C=O) groups is 2. The van der Waals surface area contributed by atoms with E-state index < -0.39 is 17.7 Å². The molecule has 1 aromatic heterocycles. The van der Waals surface area contributed by atoms with Crippen molar-refractivity contribution in [1.29, 1.82) is 5.26 Å². The molecule has 2 rings (SSSR count). The fraction of sp³-hybridized carbons (Fsp3) is 0.417. The number of aromatic amines is 1. The van der Waals surface area contributed by atoms with Gasteiger partial charge < -0.3 is 4.74 Å². The van der Waals surface area contributed by atoms with Gasteiger partial charge in [-0.3, -0.25) is 20.6 Å². The van der Waals surface area contributed by atoms with E-state index in [1.54, 1.807) is 19.1 Å². The van der Waals surface area contributed by atoms with Gasteiger partial charge in [-0.15, -0.1) is 0 Å². The molecule has 0 aromatic carbocycles. The Balaban J connectivity index is 1.94. The maximum Gasteiger partial charge on any atom is 0.414 e. The first-order valence-corrected chi connectivity index (χ1v) is 6.41. The number of anilines is 1. The lowest BCUT2D eigenvalue weighted by atomic mass is 10.3. The first-order valence-electron chi connectivity index (χ1n) is 6.41. The van der Waals surface area contributed by atoms with Crippen molar-refractivity contribution in [2.24, 2.45) is 5.10 Å². The van der Waals surface area contributed by atoms with Crippen molar-refractivity contribution in [3.63, 3.8) is 0 Å². The van der Waals surface area contributed by atoms with Crippen molar-refractivity contribution in [1.82, 2.24) is 15.5 Å². The Kier molecular flexibility index (Phi) is 4.50. The van der Waals surface area contributed by atoms with Crippen LogP contribution in [-0.2, 0) is 9.53 Å². The number of hydrogen-bond acceptors (Lipinski definition) is 7. The SMILES string of the molecule is CCOC(=O)NC(=O)C(C#N)=NNc1cc(C2CC2)[nH]n1. The maximum absolute atomic E-state index is 11.6. The Morgan fingerprint density at radius 3 is 3.00 bits per heavy atom. The molecule has 1 heterocycles. The standard InChI is InChI=1S/C12H14N6O3/c1-2-21-12(20)14-11(19)9(6-13)16-18-10-5-8(15-17-10)7-3-4-7/h5,7H,2-4H2,1H3,(H,14,19,20)(H2,15,17,18). The number of hydrogen-bond donors (Lipinski definition) is 3. The average Bonchev–Trinajstić information content (AvgIpc) is 3.19. The number of aromatic nitrogens is 2. The zero-order chi connectivity index (χ0) is 15.2. The minimum atomic E-state index is -0.943. The summed E-state index contributed by atoms with van der Waals surface area (Å²) in [6, 6.07) is 3.35. The van der Waals surface area contributed by atoms with Gasteiger partial charge in [0.25, 0.3) is 5.91 Å². The highest BCUT2D eigenvalue weighted by Crippen LogP contribution is 2.39. The summed E-state index contributed by atoms with van der Waals surface area (Å²) >= 11 is 0. The molecule has 2 amide bonds. The zero-order valence-electron chi connectivity index (χ0n) is 11.3. The second kappa shape index (κ2) is 6.51. The van der Waals surface area contributed by atoms with Crippen LogP contribution in [0.15, 0.2) is 11.2 Å². The van der Waals surface area contributed by atoms with E-state index in [9.17, 15) is 9.59 Å². The van der Waals surface area contributed by atoms with Gasteiger partial charge in [0.05, 0.1) is 6.61 Å². The van der Waals surface area contributed by atoms with Crippen LogP contribution in [0.5, 0.6) is 0 Å². The monoisotopic (exact) mass is 290 g/mol. The lowest BCUT2D eigenvalue weighted by Crippen LogP contribution is -2.36. The fourth-order valence-electron chi connectivity index (χ4n) is 1.56. The van der Waals surface area contributed by atoms with E-state index in [0.29, 0.717) is 11.7 Å². The minimum absolute atomic E-state index is 0.119. The van der Waals surface area contributed by atoms with Crippen LogP contribution in [0.2, 0.25) is 0 Å². The molecule has 0 spiro atoms. The maximum atomic E-state index is 11.6. The van der Waals surface area contributed by atoms with E-state index in [-0.39, 0.29) is 6.61 Å². The average molecular weight is 290 g/mol. The number of ether oxygens (including phenoxy) is 1. The van der Waals surface area contributed by atoms with Crippen LogP contribution in [0.4, 0.5) is 10.6 Å². The van der Waals surface area contributed by atoms with E-state index in [1.807, 2.05) is 5.32 Å². The summed E-state index contributed by atoms with van der Waals surface area (Å²) in [4.78, 5) is 22.6. The Morgan fingerprint density at radius 2 is 2.38 bits per heavy atom. The normalized spacial score (nSPS) is 14.2. The summed E-state index contributed by atoms with van der Waals surface area (Å²) in [5.74, 6) is -0.0467. The molecule has 21 heavy (non-hydrogen) atoms. The van der Waals surface area contributed by atoms with Crippen LogP contribution < -0.4 is 10.7 Å². The summed E-state index contributed by atoms with van der Waals surface area (Å²) in [6.07, 6.45) is 1.31. The number of carbonyl (C=O) groups excluding carboxylic acids is 2. The third-order valence-corrected chi connectivity index (χ3v) is 2.71. The minimum Gasteiger partial charge on any atom is -0.450 e. The molecule has 1 aliphatic carbocycles. The third-order valence-electron chi connectivity index (χ3n) is 2.71. The van der Waals surface area contributed by atoms with Gasteiger partial charge in [0.15, 0.2) is 5.82 Å². The van der Waals surface area contributed by atoms with Gasteiger partial charge in [-0.2, -0.15) is 15.5 Å². The Bertz CT molecular complexity index is 611. The number of alkyl carbamates (subject to hydrolysis) is 1. The van der Waals surface area contributed by atoms with Crippen LogP contribution in [-0.4, -0.2) is 34.5 Å². The molecule has 1 saturated carbocycles. The van der Waals surface area contributed by atoms with Crippen molar-refractivity contribution < 1.29 is 14.3 Å². The van der Waals surface area contributed by atoms with Gasteiger partial charge in [0, 0.05) is 17.7 Å². The molecular formula is C12H14N6O3. The lowest BCUT2D eigenvalue weighted by Gasteiger charge is -2.02. The Morgan fingerprint density at radius 1 is 1.62 bits per heavy atom. The molecule has 0 bridgehead atoms. The number of rotatable bonds is 5. The van der Waals surface area contributed by atoms with E-state index in [2.05, 4.69) is 25.5 Å². The van der Waals surface area contributed by atoms with Gasteiger partial charge in [0.2, 0.25) is 5.71 Å². The van der Waals surface area contributed by atoms with E-state index >= 15 is 0 Å². The number of nitrogens with zero attached hydrogens (tertiary/aromatic N) is 3. The molecule has 9 heteroatoms. The molecule has 1 aliphatic rings. The van der Waals surface area contributed by atoms with E-state index in [4.69, 9.17) is 5.26 Å². The molecule has 0 aliphatic heterocycles. The molecular weight excluding hydrogens is 276 g/mol. The quantitative estimate of drug-likeness (QED) is 0.544. The van der Waals surface area contributed by atoms with Crippen molar-refractivity contribution in [2.75, 3.05) is 12.0 Å². The molecule has 0 unspecified atom stereocenters. The highest BCUT2D eigenvalue weighted by Gasteiger charge is 2.25. The highest BCUT2D eigenvalue weighted by atomic mass is 16.5. The number of H-pyrrole nitrogens is 1. The molecule has 3 N–H and O–H groups in total. The second-order valence-corrected chi connectivity index (χ2v) is 4.34. The summed E-state index contributed by atoms with van der Waals surface area (Å²) < 4.78 is 4.53. The zero-order valence-corrected chi connectivity index (χ0v) is 11.3. The fourth-order valence-corrected chi connectivity index (χ4v) is 1.56. The predicted molar refractivity (Wildman–Crippen MR) is 72.4 cm³/mol. The molecule has 1 fully saturated rings. The van der Waals surface area contributed by atoms with Gasteiger partial charge >= 0.3 is 6.09 Å². The first kappa shape index (κ1) is 14.5. The number of nitrogens with one attached hydrogen (secondary N) is 3. The predicted octanol–water partition coefficient (Wildman–Crippen LogP) is 0.851. The largest absolute Gasteiger partial charge is 0.450 e. The molecule has 0 radical (unpaired) electrons. The summed E-state index contributed by atoms with van der Waals surface area (Å²) in [5, 5.41) is 21.2. The van der Waals surface area contributed by atoms with E-state index in [1.165, 1.54) is 0 Å². The van der Waals surface area contributed by atoms with Crippen LogP contribution in [0.3, 0.4) is 0 Å². The molecule has 0 saturated heterocycles. The van der Waals surface area contributed by atoms with Crippen molar-refractivity contribution >= 4 is 23.5 Å². The first-order chi connectivity index (χ1) is 10.1. The molecule has 1 aromatic rings. The van der Waals surface area contributed by atoms with Crippen molar-refractivity contribution in [3.05, 3.63) is 11.8 Å². The second-order valence-electron chi connectivity index (χ2n) is 4.34. The summed E-state index contributed by atoms with van der Waals surface area (Å²) in [5.41, 5.74) is 2.98. The van der Waals surface area contributed by atoms with Crippen LogP contribution in [0, 0.1) is 11.3 Å². The van der Waals surface area contributed by atoms with Gasteiger partial charge in [0.1, 0.15) is 6.07 Å². The number of nitriles is 1. The van der Waals surface area contributed by atoms with Crippen LogP contribution in [0.1, 0.15) is 31.4 Å². The van der Waals surface area contributed by atoms with Gasteiger partial charge in [-0.25, -0.2) is 4.79 Å². The smallest absolute Gasteiger partial charge is 0.414 e. The third kappa shape index (κ3) is 4.04. The molecule has 9 nitrogen and oxygen atoms in total.